The molecule has 0 bridgehead atoms. The number of hydrogen-bond donors (Lipinski definition) is 1. The third-order valence-corrected chi connectivity index (χ3v) is 7.45. The van der Waals surface area contributed by atoms with Gasteiger partial charge in [0.15, 0.2) is 11.5 Å². The maximum Gasteiger partial charge on any atom is 0.416 e. The van der Waals surface area contributed by atoms with Gasteiger partial charge in [0.05, 0.1) is 40.1 Å². The van der Waals surface area contributed by atoms with Crippen LogP contribution in [0.1, 0.15) is 33.9 Å². The molecule has 1 unspecified atom stereocenters. The lowest BCUT2D eigenvalue weighted by Crippen LogP contribution is -2.29. The van der Waals surface area contributed by atoms with Gasteiger partial charge < -0.3 is 23.9 Å². The van der Waals surface area contributed by atoms with Crippen LogP contribution in [0.25, 0.3) is 33.4 Å². The summed E-state index contributed by atoms with van der Waals surface area (Å²) in [5.74, 6) is 0.564. The van der Waals surface area contributed by atoms with Crippen molar-refractivity contribution in [3.05, 3.63) is 86.9 Å². The van der Waals surface area contributed by atoms with Crippen molar-refractivity contribution < 1.29 is 45.7 Å². The van der Waals surface area contributed by atoms with E-state index in [4.69, 9.17) is 14.2 Å². The summed E-state index contributed by atoms with van der Waals surface area (Å²) < 4.78 is 100. The summed E-state index contributed by atoms with van der Waals surface area (Å²) in [6.07, 6.45) is -11.5. The van der Waals surface area contributed by atoms with Gasteiger partial charge >= 0.3 is 12.4 Å². The minimum absolute atomic E-state index is 0.0298. The molecule has 41 heavy (non-hydrogen) atoms. The van der Waals surface area contributed by atoms with Crippen LogP contribution in [0, 0.1) is 0 Å². The van der Waals surface area contributed by atoms with Gasteiger partial charge in [0.25, 0.3) is 5.56 Å². The van der Waals surface area contributed by atoms with Crippen molar-refractivity contribution in [2.75, 3.05) is 6.79 Å². The Labute approximate surface area is 225 Å². The number of alkyl halides is 6. The van der Waals surface area contributed by atoms with Crippen LogP contribution in [0.5, 0.6) is 11.5 Å². The molecule has 3 aliphatic heterocycles. The van der Waals surface area contributed by atoms with Gasteiger partial charge in [0.1, 0.15) is 18.5 Å². The Balaban J connectivity index is 1.57. The fourth-order valence-electron chi connectivity index (χ4n) is 5.51. The third kappa shape index (κ3) is 3.79. The molecular weight excluding hydrogens is 558 g/mol. The molecule has 2 aromatic heterocycles. The topological polar surface area (TPSA) is 82.8 Å². The van der Waals surface area contributed by atoms with Crippen LogP contribution in [0.4, 0.5) is 26.3 Å². The quantitative estimate of drug-likeness (QED) is 0.250. The molecule has 0 aliphatic carbocycles. The third-order valence-electron chi connectivity index (χ3n) is 7.45. The number of hydrogen-bond acceptors (Lipinski definition) is 6. The van der Waals surface area contributed by atoms with Crippen LogP contribution in [-0.2, 0) is 30.2 Å². The zero-order valence-corrected chi connectivity index (χ0v) is 20.6. The van der Waals surface area contributed by atoms with E-state index < -0.39 is 35.1 Å². The molecule has 0 saturated heterocycles. The molecular formula is C28H16F6N2O5. The smallest absolute Gasteiger partial charge is 0.416 e. The molecule has 210 valence electrons. The summed E-state index contributed by atoms with van der Waals surface area (Å²) in [5.41, 5.74) is -2.61. The molecule has 1 atom stereocenters. The van der Waals surface area contributed by atoms with Gasteiger partial charge in [-0.25, -0.2) is 4.98 Å². The number of aromatic nitrogens is 2. The van der Waals surface area contributed by atoms with E-state index in [-0.39, 0.29) is 87.6 Å². The number of pyridine rings is 2. The fraction of sp³-hybridized carbons (Fsp3) is 0.214. The first-order chi connectivity index (χ1) is 19.3. The van der Waals surface area contributed by atoms with Crippen LogP contribution in [0.15, 0.2) is 53.5 Å². The fourth-order valence-corrected chi connectivity index (χ4v) is 5.51. The maximum absolute atomic E-state index is 13.8. The molecule has 1 N–H and O–H groups in total. The highest BCUT2D eigenvalue weighted by molar-refractivity contribution is 6.01. The van der Waals surface area contributed by atoms with E-state index in [1.54, 1.807) is 0 Å². The van der Waals surface area contributed by atoms with Crippen LogP contribution >= 0.6 is 0 Å². The molecule has 0 radical (unpaired) electrons. The summed E-state index contributed by atoms with van der Waals surface area (Å²) in [7, 11) is 0. The van der Waals surface area contributed by atoms with Gasteiger partial charge in [-0.2, -0.15) is 26.3 Å². The van der Waals surface area contributed by atoms with Gasteiger partial charge in [0.2, 0.25) is 6.79 Å². The normalized spacial score (nSPS) is 17.3. The lowest BCUT2D eigenvalue weighted by Gasteiger charge is -2.24. The largest absolute Gasteiger partial charge is 0.491 e. The summed E-state index contributed by atoms with van der Waals surface area (Å²) >= 11 is 0. The van der Waals surface area contributed by atoms with Gasteiger partial charge in [-0.1, -0.05) is 6.58 Å². The summed E-state index contributed by atoms with van der Waals surface area (Å²) in [4.78, 5) is 18.1. The number of aliphatic hydroxyl groups is 1. The highest BCUT2D eigenvalue weighted by Crippen LogP contribution is 2.47. The number of rotatable bonds is 1. The average Bonchev–Trinajstić information content (AvgIpc) is 3.51. The van der Waals surface area contributed by atoms with Crippen molar-refractivity contribution in [3.63, 3.8) is 0 Å². The molecule has 4 aromatic rings. The number of halogens is 6. The molecule has 0 saturated carbocycles. The molecule has 3 aliphatic rings. The van der Waals surface area contributed by atoms with E-state index in [1.807, 2.05) is 0 Å². The number of ether oxygens (including phenoxy) is 3. The number of benzene rings is 2. The van der Waals surface area contributed by atoms with Crippen molar-refractivity contribution in [2.24, 2.45) is 0 Å². The van der Waals surface area contributed by atoms with Crippen LogP contribution < -0.4 is 15.0 Å². The number of aliphatic hydroxyl groups excluding tert-OH is 1. The van der Waals surface area contributed by atoms with E-state index in [1.165, 1.54) is 22.8 Å². The van der Waals surface area contributed by atoms with Crippen molar-refractivity contribution in [1.29, 1.82) is 0 Å². The van der Waals surface area contributed by atoms with Crippen molar-refractivity contribution in [3.8, 4) is 34.0 Å². The van der Waals surface area contributed by atoms with E-state index in [0.717, 1.165) is 0 Å². The van der Waals surface area contributed by atoms with Gasteiger partial charge in [-0.3, -0.25) is 4.79 Å². The second-order valence-corrected chi connectivity index (χ2v) is 9.84. The van der Waals surface area contributed by atoms with Crippen LogP contribution in [0.3, 0.4) is 0 Å². The molecule has 13 heteroatoms. The van der Waals surface area contributed by atoms with Crippen molar-refractivity contribution in [1.82, 2.24) is 9.55 Å². The van der Waals surface area contributed by atoms with Crippen LogP contribution in [0.2, 0.25) is 0 Å². The first-order valence-electron chi connectivity index (χ1n) is 12.1. The SMILES string of the molecule is C=C1OCc2c(cc3n(c2=O)Cc2c-3nc3cc4c(cc3c2-c2cc(C(F)(F)F)cc(C(F)(F)F)c2)OCO4)C1O. The molecule has 0 fully saturated rings. The Morgan fingerprint density at radius 2 is 1.56 bits per heavy atom. The molecule has 7 nitrogen and oxygen atoms in total. The standard InChI is InChI=1S/C28H16F6N2O5/c1-11-25(37)15-5-20-24-17(8-36(20)26(38)18(15)9-39-11)23(16-6-21-22(41-10-40-21)7-19(16)35-24)12-2-13(27(29,30)31)4-14(3-12)28(32,33)34/h2-7,25,37H,1,8-10H2. The highest BCUT2D eigenvalue weighted by Gasteiger charge is 2.39. The van der Waals surface area contributed by atoms with Crippen LogP contribution in [-0.4, -0.2) is 21.5 Å². The first kappa shape index (κ1) is 25.4. The number of fused-ring (bicyclic) bond motifs is 6. The molecule has 2 aromatic carbocycles. The van der Waals surface area contributed by atoms with E-state index in [2.05, 4.69) is 11.6 Å². The Bertz CT molecular complexity index is 1860. The van der Waals surface area contributed by atoms with Gasteiger partial charge in [0, 0.05) is 22.6 Å². The first-order valence-corrected chi connectivity index (χ1v) is 12.1. The lowest BCUT2D eigenvalue weighted by molar-refractivity contribution is -0.143. The van der Waals surface area contributed by atoms with E-state index in [0.29, 0.717) is 17.9 Å². The Hall–Kier alpha value is -4.52. The Kier molecular flexibility index (Phi) is 5.12. The Morgan fingerprint density at radius 3 is 2.22 bits per heavy atom. The Morgan fingerprint density at radius 1 is 0.902 bits per heavy atom. The van der Waals surface area contributed by atoms with Gasteiger partial charge in [-0.05, 0) is 41.5 Å². The predicted octanol–water partition coefficient (Wildman–Crippen LogP) is 5.94. The molecule has 0 spiro atoms. The van der Waals surface area contributed by atoms with E-state index >= 15 is 0 Å². The van der Waals surface area contributed by atoms with Gasteiger partial charge in [-0.15, -0.1) is 0 Å². The number of nitrogens with zero attached hydrogens (tertiary/aromatic N) is 2. The molecule has 5 heterocycles. The maximum atomic E-state index is 13.8. The monoisotopic (exact) mass is 574 g/mol. The van der Waals surface area contributed by atoms with Crippen molar-refractivity contribution >= 4 is 10.9 Å². The molecule has 7 rings (SSSR count). The minimum Gasteiger partial charge on any atom is -0.491 e. The second-order valence-electron chi connectivity index (χ2n) is 9.84. The second kappa shape index (κ2) is 8.26. The molecule has 0 amide bonds. The predicted molar refractivity (Wildman–Crippen MR) is 131 cm³/mol. The average molecular weight is 574 g/mol. The summed E-state index contributed by atoms with van der Waals surface area (Å²) in [6, 6.07) is 5.79. The minimum atomic E-state index is -5.07. The van der Waals surface area contributed by atoms with E-state index in [9.17, 15) is 36.2 Å². The zero-order chi connectivity index (χ0) is 29.0. The zero-order valence-electron chi connectivity index (χ0n) is 20.6. The summed E-state index contributed by atoms with van der Waals surface area (Å²) in [5, 5.41) is 10.8. The summed E-state index contributed by atoms with van der Waals surface area (Å²) in [6.45, 7) is 3.16. The van der Waals surface area contributed by atoms with Crippen molar-refractivity contribution in [2.45, 2.75) is 31.6 Å². The highest BCUT2D eigenvalue weighted by atomic mass is 19.4. The lowest BCUT2D eigenvalue weighted by atomic mass is 9.91.